The van der Waals surface area contributed by atoms with E-state index < -0.39 is 0 Å². The van der Waals surface area contributed by atoms with Crippen molar-refractivity contribution in [2.24, 2.45) is 4.99 Å². The fraction of sp³-hybridized carbons (Fsp3) is 0.600. The van der Waals surface area contributed by atoms with Crippen LogP contribution in [0.5, 0.6) is 11.5 Å². The van der Waals surface area contributed by atoms with Crippen LogP contribution in [0.3, 0.4) is 0 Å². The molecule has 0 aromatic heterocycles. The van der Waals surface area contributed by atoms with E-state index in [1.807, 2.05) is 26.0 Å². The zero-order valence-corrected chi connectivity index (χ0v) is 17.1. The van der Waals surface area contributed by atoms with Gasteiger partial charge in [-0.2, -0.15) is 0 Å². The van der Waals surface area contributed by atoms with Crippen LogP contribution in [0.4, 0.5) is 0 Å². The number of carbonyl (C=O) groups excluding carboxylic acids is 1. The first-order chi connectivity index (χ1) is 13.1. The van der Waals surface area contributed by atoms with Crippen LogP contribution in [-0.4, -0.2) is 52.3 Å². The molecule has 152 valence electrons. The molecule has 0 aliphatic carbocycles. The second-order valence-electron chi connectivity index (χ2n) is 6.05. The third kappa shape index (κ3) is 9.17. The van der Waals surface area contributed by atoms with Gasteiger partial charge in [0.25, 0.3) is 0 Å². The van der Waals surface area contributed by atoms with Gasteiger partial charge in [-0.15, -0.1) is 0 Å². The van der Waals surface area contributed by atoms with Crippen molar-refractivity contribution < 1.29 is 14.3 Å². The number of rotatable bonds is 12. The Morgan fingerprint density at radius 2 is 1.85 bits per heavy atom. The molecule has 7 nitrogen and oxygen atoms in total. The van der Waals surface area contributed by atoms with Crippen LogP contribution >= 0.6 is 0 Å². The lowest BCUT2D eigenvalue weighted by molar-refractivity contribution is -0.120. The molecule has 0 fully saturated rings. The van der Waals surface area contributed by atoms with Gasteiger partial charge in [0.1, 0.15) is 0 Å². The van der Waals surface area contributed by atoms with Gasteiger partial charge in [-0.3, -0.25) is 9.79 Å². The zero-order valence-electron chi connectivity index (χ0n) is 17.1. The van der Waals surface area contributed by atoms with Crippen LogP contribution in [0.15, 0.2) is 23.2 Å². The highest BCUT2D eigenvalue weighted by Crippen LogP contribution is 2.28. The van der Waals surface area contributed by atoms with Gasteiger partial charge in [-0.05, 0) is 43.9 Å². The molecular weight excluding hydrogens is 344 g/mol. The molecule has 3 N–H and O–H groups in total. The Kier molecular flexibility index (Phi) is 11.5. The number of hydrogen-bond acceptors (Lipinski definition) is 4. The van der Waals surface area contributed by atoms with Crippen molar-refractivity contribution in [3.05, 3.63) is 23.8 Å². The molecule has 0 bridgehead atoms. The van der Waals surface area contributed by atoms with Crippen molar-refractivity contribution in [3.63, 3.8) is 0 Å². The number of aliphatic imine (C=N–C) groups is 1. The Hall–Kier alpha value is -2.44. The fourth-order valence-electron chi connectivity index (χ4n) is 2.51. The third-order valence-electron chi connectivity index (χ3n) is 3.90. The van der Waals surface area contributed by atoms with Crippen LogP contribution in [0.2, 0.25) is 0 Å². The van der Waals surface area contributed by atoms with E-state index in [4.69, 9.17) is 9.47 Å². The molecule has 0 saturated heterocycles. The molecule has 0 aliphatic rings. The van der Waals surface area contributed by atoms with Gasteiger partial charge in [0.15, 0.2) is 17.5 Å². The van der Waals surface area contributed by atoms with Crippen LogP contribution in [0, 0.1) is 0 Å². The van der Waals surface area contributed by atoms with Crippen molar-refractivity contribution in [1.82, 2.24) is 16.0 Å². The van der Waals surface area contributed by atoms with Crippen LogP contribution < -0.4 is 25.4 Å². The molecule has 0 atom stereocenters. The van der Waals surface area contributed by atoms with E-state index in [1.165, 1.54) is 5.56 Å². The minimum Gasteiger partial charge on any atom is -0.493 e. The monoisotopic (exact) mass is 378 g/mol. The molecule has 1 aromatic carbocycles. The molecule has 0 spiro atoms. The fourth-order valence-corrected chi connectivity index (χ4v) is 2.51. The number of guanidine groups is 1. The molecule has 1 aromatic rings. The van der Waals surface area contributed by atoms with Crippen LogP contribution in [-0.2, 0) is 11.2 Å². The number of nitrogens with zero attached hydrogens (tertiary/aromatic N) is 1. The summed E-state index contributed by atoms with van der Waals surface area (Å²) in [6.45, 7) is 6.68. The summed E-state index contributed by atoms with van der Waals surface area (Å²) in [5, 5.41) is 9.29. The average Bonchev–Trinajstić information content (AvgIpc) is 2.68. The van der Waals surface area contributed by atoms with Gasteiger partial charge in [0.2, 0.25) is 5.91 Å². The van der Waals surface area contributed by atoms with Crippen molar-refractivity contribution in [2.45, 2.75) is 39.5 Å². The highest BCUT2D eigenvalue weighted by molar-refractivity contribution is 5.81. The first-order valence-corrected chi connectivity index (χ1v) is 9.65. The lowest BCUT2D eigenvalue weighted by Gasteiger charge is -2.13. The quantitative estimate of drug-likeness (QED) is 0.295. The summed E-state index contributed by atoms with van der Waals surface area (Å²) in [6, 6.07) is 6.03. The topological polar surface area (TPSA) is 84.0 Å². The highest BCUT2D eigenvalue weighted by atomic mass is 16.5. The molecule has 0 unspecified atom stereocenters. The number of carbonyl (C=O) groups is 1. The van der Waals surface area contributed by atoms with Crippen LogP contribution in [0.25, 0.3) is 0 Å². The second-order valence-corrected chi connectivity index (χ2v) is 6.05. The number of methoxy groups -OCH3 is 1. The Morgan fingerprint density at radius 1 is 1.07 bits per heavy atom. The molecule has 7 heteroatoms. The summed E-state index contributed by atoms with van der Waals surface area (Å²) in [4.78, 5) is 15.8. The van der Waals surface area contributed by atoms with E-state index in [1.54, 1.807) is 14.2 Å². The number of aryl methyl sites for hydroxylation is 1. The number of hydrogen-bond donors (Lipinski definition) is 3. The Bertz CT molecular complexity index is 591. The minimum atomic E-state index is 0.0596. The minimum absolute atomic E-state index is 0.0596. The Balaban J connectivity index is 2.31. The summed E-state index contributed by atoms with van der Waals surface area (Å²) >= 11 is 0. The number of ether oxygens (including phenoxy) is 2. The Labute approximate surface area is 162 Å². The van der Waals surface area contributed by atoms with Gasteiger partial charge >= 0.3 is 0 Å². The van der Waals surface area contributed by atoms with E-state index in [2.05, 4.69) is 27.0 Å². The van der Waals surface area contributed by atoms with Crippen LogP contribution in [0.1, 0.15) is 38.7 Å². The normalized spacial score (nSPS) is 11.0. The molecule has 0 aliphatic heterocycles. The standard InChI is InChI=1S/C20H34N4O3/c1-5-12-22-19(25)11-14-24-20(21-3)23-13-7-8-16-9-10-17(26-4)18(15-16)27-6-2/h9-10,15H,5-8,11-14H2,1-4H3,(H,22,25)(H2,21,23,24). The van der Waals surface area contributed by atoms with Gasteiger partial charge in [-0.25, -0.2) is 0 Å². The summed E-state index contributed by atoms with van der Waals surface area (Å²) in [7, 11) is 3.37. The Morgan fingerprint density at radius 3 is 2.52 bits per heavy atom. The second kappa shape index (κ2) is 13.7. The van der Waals surface area contributed by atoms with Gasteiger partial charge in [0.05, 0.1) is 13.7 Å². The molecular formula is C20H34N4O3. The third-order valence-corrected chi connectivity index (χ3v) is 3.90. The maximum atomic E-state index is 11.6. The smallest absolute Gasteiger partial charge is 0.221 e. The van der Waals surface area contributed by atoms with Gasteiger partial charge in [-0.1, -0.05) is 13.0 Å². The largest absolute Gasteiger partial charge is 0.493 e. The van der Waals surface area contributed by atoms with Gasteiger partial charge < -0.3 is 25.4 Å². The predicted molar refractivity (Wildman–Crippen MR) is 110 cm³/mol. The van der Waals surface area contributed by atoms with Gasteiger partial charge in [0, 0.05) is 33.1 Å². The number of amides is 1. The number of nitrogens with one attached hydrogen (secondary N) is 3. The van der Waals surface area contributed by atoms with E-state index >= 15 is 0 Å². The molecule has 0 saturated carbocycles. The first-order valence-electron chi connectivity index (χ1n) is 9.65. The summed E-state index contributed by atoms with van der Waals surface area (Å²) in [5.74, 6) is 2.31. The SMILES string of the molecule is CCCNC(=O)CCNC(=NC)NCCCc1ccc(OC)c(OCC)c1. The highest BCUT2D eigenvalue weighted by Gasteiger charge is 2.06. The summed E-state index contributed by atoms with van der Waals surface area (Å²) in [6.07, 6.45) is 3.26. The van der Waals surface area contributed by atoms with Crippen molar-refractivity contribution in [1.29, 1.82) is 0 Å². The van der Waals surface area contributed by atoms with Crippen molar-refractivity contribution in [3.8, 4) is 11.5 Å². The summed E-state index contributed by atoms with van der Waals surface area (Å²) < 4.78 is 10.9. The van der Waals surface area contributed by atoms with E-state index in [9.17, 15) is 4.79 Å². The predicted octanol–water partition coefficient (Wildman–Crippen LogP) is 2.11. The lowest BCUT2D eigenvalue weighted by atomic mass is 10.1. The van der Waals surface area contributed by atoms with Crippen molar-refractivity contribution >= 4 is 11.9 Å². The molecule has 1 rings (SSSR count). The average molecular weight is 379 g/mol. The maximum absolute atomic E-state index is 11.6. The lowest BCUT2D eigenvalue weighted by Crippen LogP contribution is -2.39. The summed E-state index contributed by atoms with van der Waals surface area (Å²) in [5.41, 5.74) is 1.21. The first kappa shape index (κ1) is 22.6. The van der Waals surface area contributed by atoms with E-state index in [0.29, 0.717) is 25.5 Å². The zero-order chi connectivity index (χ0) is 19.9. The maximum Gasteiger partial charge on any atom is 0.221 e. The van der Waals surface area contributed by atoms with E-state index in [0.717, 1.165) is 43.9 Å². The molecule has 1 amide bonds. The number of benzene rings is 1. The molecule has 0 radical (unpaired) electrons. The van der Waals surface area contributed by atoms with E-state index in [-0.39, 0.29) is 5.91 Å². The molecule has 27 heavy (non-hydrogen) atoms. The molecule has 0 heterocycles. The van der Waals surface area contributed by atoms with Crippen molar-refractivity contribution in [2.75, 3.05) is 40.4 Å².